The zero-order valence-electron chi connectivity index (χ0n) is 23.4. The molecule has 0 amide bonds. The van der Waals surface area contributed by atoms with Crippen molar-refractivity contribution in [1.29, 1.82) is 0 Å². The van der Waals surface area contributed by atoms with Crippen molar-refractivity contribution in [2.24, 2.45) is 17.8 Å². The molecule has 0 spiro atoms. The molecule has 194 valence electrons. The van der Waals surface area contributed by atoms with Crippen molar-refractivity contribution in [3.8, 4) is 22.6 Å². The van der Waals surface area contributed by atoms with Crippen LogP contribution in [0.15, 0.2) is 48.5 Å². The van der Waals surface area contributed by atoms with Crippen LogP contribution in [-0.4, -0.2) is 9.97 Å². The fourth-order valence-corrected chi connectivity index (χ4v) is 7.78. The number of aromatic nitrogens is 2. The maximum atomic E-state index is 6.21. The van der Waals surface area contributed by atoms with E-state index in [0.717, 1.165) is 45.4 Å². The lowest BCUT2D eigenvalue weighted by Gasteiger charge is -2.56. The van der Waals surface area contributed by atoms with Crippen LogP contribution in [0.2, 0.25) is 5.02 Å². The molecule has 37 heavy (non-hydrogen) atoms. The molecule has 0 unspecified atom stereocenters. The second-order valence-corrected chi connectivity index (χ2v) is 14.9. The van der Waals surface area contributed by atoms with Crippen LogP contribution in [0.1, 0.15) is 96.9 Å². The van der Waals surface area contributed by atoms with E-state index in [9.17, 15) is 0 Å². The largest absolute Gasteiger partial charge is 0.251 e. The topological polar surface area (TPSA) is 25.8 Å². The first kappa shape index (κ1) is 25.1. The Morgan fingerprint density at radius 1 is 0.649 bits per heavy atom. The molecule has 4 aliphatic carbocycles. The zero-order valence-corrected chi connectivity index (χ0v) is 24.1. The van der Waals surface area contributed by atoms with E-state index >= 15 is 0 Å². The molecule has 2 nitrogen and oxygen atoms in total. The van der Waals surface area contributed by atoms with Gasteiger partial charge in [-0.1, -0.05) is 65.3 Å². The number of rotatable bonds is 3. The van der Waals surface area contributed by atoms with Gasteiger partial charge in [-0.2, -0.15) is 0 Å². The van der Waals surface area contributed by atoms with Gasteiger partial charge in [0, 0.05) is 21.7 Å². The molecule has 2 aromatic heterocycles. The molecule has 3 aromatic rings. The lowest BCUT2D eigenvalue weighted by molar-refractivity contribution is -0.00721. The molecule has 0 N–H and O–H groups in total. The average Bonchev–Trinajstić information content (AvgIpc) is 2.82. The van der Waals surface area contributed by atoms with E-state index in [2.05, 4.69) is 77.9 Å². The third-order valence-electron chi connectivity index (χ3n) is 9.37. The van der Waals surface area contributed by atoms with Gasteiger partial charge in [-0.3, -0.25) is 4.98 Å². The zero-order chi connectivity index (χ0) is 26.2. The van der Waals surface area contributed by atoms with Crippen LogP contribution in [0.5, 0.6) is 0 Å². The predicted molar refractivity (Wildman–Crippen MR) is 155 cm³/mol. The Labute approximate surface area is 228 Å². The molecular formula is C34H41ClN2. The van der Waals surface area contributed by atoms with Crippen molar-refractivity contribution in [2.75, 3.05) is 0 Å². The van der Waals surface area contributed by atoms with Crippen molar-refractivity contribution in [1.82, 2.24) is 9.97 Å². The van der Waals surface area contributed by atoms with Crippen molar-refractivity contribution in [3.63, 3.8) is 0 Å². The molecule has 1 aromatic carbocycles. The number of pyridine rings is 2. The predicted octanol–water partition coefficient (Wildman–Crippen LogP) is 9.53. The van der Waals surface area contributed by atoms with Crippen molar-refractivity contribution in [2.45, 2.75) is 96.3 Å². The molecule has 4 bridgehead atoms. The second-order valence-electron chi connectivity index (χ2n) is 14.5. The monoisotopic (exact) mass is 512 g/mol. The Kier molecular flexibility index (Phi) is 5.88. The molecule has 4 saturated carbocycles. The minimum absolute atomic E-state index is 0.00323. The first-order chi connectivity index (χ1) is 17.4. The minimum Gasteiger partial charge on any atom is -0.251 e. The lowest BCUT2D eigenvalue weighted by Crippen LogP contribution is -2.49. The van der Waals surface area contributed by atoms with Gasteiger partial charge in [-0.05, 0) is 115 Å². The number of benzene rings is 1. The third-order valence-corrected chi connectivity index (χ3v) is 9.62. The maximum Gasteiger partial charge on any atom is 0.0896 e. The molecule has 4 fully saturated rings. The summed E-state index contributed by atoms with van der Waals surface area (Å²) in [6, 6.07) is 17.3. The summed E-state index contributed by atoms with van der Waals surface area (Å²) in [5.41, 5.74) is 8.38. The highest BCUT2D eigenvalue weighted by atomic mass is 35.5. The van der Waals surface area contributed by atoms with Gasteiger partial charge >= 0.3 is 0 Å². The summed E-state index contributed by atoms with van der Waals surface area (Å²) in [5, 5.41) is 0.746. The summed E-state index contributed by atoms with van der Waals surface area (Å²) in [4.78, 5) is 10.7. The minimum atomic E-state index is 0.00323. The standard InChI is InChI=1S/C34H41ClN2/c1-32(2,3)25-14-28(24-7-9-27(35)10-8-24)36-29(15-25)30-16-26(33(4,5)6)17-31(37-30)34-18-21-11-22(19-34)13-23(12-21)20-34/h7-10,14-17,21-23H,11-13,18-20H2,1-6H3. The summed E-state index contributed by atoms with van der Waals surface area (Å²) in [5.74, 6) is 2.69. The van der Waals surface area contributed by atoms with E-state index < -0.39 is 0 Å². The van der Waals surface area contributed by atoms with E-state index in [4.69, 9.17) is 21.6 Å². The number of halogens is 1. The SMILES string of the molecule is CC(C)(C)c1cc(-c2ccc(Cl)cc2)nc(-c2cc(C(C)(C)C)cc(C34CC5CC(CC(C5)C3)C4)n2)c1. The van der Waals surface area contributed by atoms with Gasteiger partial charge in [-0.15, -0.1) is 0 Å². The summed E-state index contributed by atoms with van der Waals surface area (Å²) in [7, 11) is 0. The Bertz CT molecular complexity index is 1290. The van der Waals surface area contributed by atoms with Crippen LogP contribution in [0.3, 0.4) is 0 Å². The molecule has 0 atom stereocenters. The highest BCUT2D eigenvalue weighted by Crippen LogP contribution is 2.60. The van der Waals surface area contributed by atoms with Crippen LogP contribution in [-0.2, 0) is 16.2 Å². The number of hydrogen-bond acceptors (Lipinski definition) is 2. The van der Waals surface area contributed by atoms with Crippen molar-refractivity contribution >= 4 is 11.6 Å². The van der Waals surface area contributed by atoms with E-state index in [1.54, 1.807) is 0 Å². The Hall–Kier alpha value is -2.19. The van der Waals surface area contributed by atoms with Gasteiger partial charge in [0.05, 0.1) is 17.1 Å². The van der Waals surface area contributed by atoms with Gasteiger partial charge in [0.1, 0.15) is 0 Å². The van der Waals surface area contributed by atoms with Crippen LogP contribution >= 0.6 is 11.6 Å². The van der Waals surface area contributed by atoms with Crippen LogP contribution in [0.4, 0.5) is 0 Å². The second kappa shape index (κ2) is 8.67. The fourth-order valence-electron chi connectivity index (χ4n) is 7.65. The molecular weight excluding hydrogens is 472 g/mol. The van der Waals surface area contributed by atoms with E-state index in [0.29, 0.717) is 0 Å². The number of hydrogen-bond donors (Lipinski definition) is 0. The van der Waals surface area contributed by atoms with Crippen molar-refractivity contribution in [3.05, 3.63) is 70.4 Å². The molecule has 4 aliphatic rings. The Morgan fingerprint density at radius 3 is 1.62 bits per heavy atom. The summed E-state index contributed by atoms with van der Waals surface area (Å²) in [6.45, 7) is 13.8. The maximum absolute atomic E-state index is 6.21. The Morgan fingerprint density at radius 2 is 1.11 bits per heavy atom. The van der Waals surface area contributed by atoms with Gasteiger partial charge in [-0.25, -0.2) is 4.98 Å². The Balaban J connectivity index is 1.52. The molecule has 2 heterocycles. The summed E-state index contributed by atoms with van der Waals surface area (Å²) >= 11 is 6.21. The highest BCUT2D eigenvalue weighted by Gasteiger charge is 2.52. The third kappa shape index (κ3) is 4.76. The average molecular weight is 513 g/mol. The lowest BCUT2D eigenvalue weighted by atomic mass is 9.48. The first-order valence-corrected chi connectivity index (χ1v) is 14.6. The molecule has 7 rings (SSSR count). The smallest absolute Gasteiger partial charge is 0.0896 e. The van der Waals surface area contributed by atoms with Gasteiger partial charge in [0.2, 0.25) is 0 Å². The summed E-state index contributed by atoms with van der Waals surface area (Å²) < 4.78 is 0. The molecule has 0 saturated heterocycles. The summed E-state index contributed by atoms with van der Waals surface area (Å²) in [6.07, 6.45) is 8.32. The van der Waals surface area contributed by atoms with Gasteiger partial charge in [0.25, 0.3) is 0 Å². The van der Waals surface area contributed by atoms with Crippen LogP contribution < -0.4 is 0 Å². The van der Waals surface area contributed by atoms with E-state index in [-0.39, 0.29) is 16.2 Å². The molecule has 3 heteroatoms. The van der Waals surface area contributed by atoms with E-state index in [1.165, 1.54) is 55.3 Å². The fraction of sp³-hybridized carbons (Fsp3) is 0.529. The van der Waals surface area contributed by atoms with Crippen molar-refractivity contribution < 1.29 is 0 Å². The van der Waals surface area contributed by atoms with E-state index in [1.807, 2.05) is 12.1 Å². The quantitative estimate of drug-likeness (QED) is 0.349. The normalized spacial score (nSPS) is 27.1. The van der Waals surface area contributed by atoms with Gasteiger partial charge in [0.15, 0.2) is 0 Å². The molecule has 0 aliphatic heterocycles. The number of nitrogens with zero attached hydrogens (tertiary/aromatic N) is 2. The highest BCUT2D eigenvalue weighted by molar-refractivity contribution is 6.30. The van der Waals surface area contributed by atoms with Crippen LogP contribution in [0, 0.1) is 17.8 Å². The van der Waals surface area contributed by atoms with Crippen LogP contribution in [0.25, 0.3) is 22.6 Å². The van der Waals surface area contributed by atoms with Gasteiger partial charge < -0.3 is 0 Å². The first-order valence-electron chi connectivity index (χ1n) is 14.2. The molecule has 0 radical (unpaired) electrons.